The van der Waals surface area contributed by atoms with E-state index in [0.717, 1.165) is 17.9 Å². The molecule has 1 N–H and O–H groups in total. The molecule has 118 valence electrons. The summed E-state index contributed by atoms with van der Waals surface area (Å²) < 4.78 is 11.5. The number of thiophene rings is 1. The number of aromatic nitrogens is 2. The highest BCUT2D eigenvalue weighted by atomic mass is 32.1. The Bertz CT molecular complexity index is 671. The van der Waals surface area contributed by atoms with Gasteiger partial charge in [-0.3, -0.25) is 4.79 Å². The summed E-state index contributed by atoms with van der Waals surface area (Å²) in [7, 11) is 0. The number of hydrogen-bond donors (Lipinski definition) is 1. The summed E-state index contributed by atoms with van der Waals surface area (Å²) in [6.45, 7) is 2.29. The van der Waals surface area contributed by atoms with Crippen molar-refractivity contribution in [3.8, 4) is 10.8 Å². The molecule has 0 aliphatic carbocycles. The van der Waals surface area contributed by atoms with Crippen LogP contribution >= 0.6 is 11.3 Å². The van der Waals surface area contributed by atoms with Crippen molar-refractivity contribution in [1.29, 1.82) is 0 Å². The topological polar surface area (TPSA) is 86.4 Å². The van der Waals surface area contributed by atoms with E-state index >= 15 is 0 Å². The van der Waals surface area contributed by atoms with Crippen molar-refractivity contribution in [2.45, 2.75) is 19.4 Å². The smallest absolute Gasteiger partial charge is 0.387 e. The molecule has 0 aromatic carbocycles. The molecule has 1 aliphatic heterocycles. The van der Waals surface area contributed by atoms with E-state index in [1.807, 2.05) is 17.5 Å². The van der Waals surface area contributed by atoms with Crippen LogP contribution in [0.5, 0.6) is 0 Å². The number of rotatable bonds is 6. The summed E-state index contributed by atoms with van der Waals surface area (Å²) in [6, 6.07) is 3.69. The molecular formula is C14H17N3O4S. The van der Waals surface area contributed by atoms with E-state index in [2.05, 4.69) is 10.4 Å². The quantitative estimate of drug-likeness (QED) is 0.860. The second kappa shape index (κ2) is 6.89. The Morgan fingerprint density at radius 2 is 2.45 bits per heavy atom. The first-order valence-corrected chi connectivity index (χ1v) is 8.06. The Kier molecular flexibility index (Phi) is 4.69. The minimum absolute atomic E-state index is 0.0977. The van der Waals surface area contributed by atoms with Gasteiger partial charge in [-0.2, -0.15) is 4.68 Å². The second-order valence-corrected chi connectivity index (χ2v) is 6.10. The van der Waals surface area contributed by atoms with Gasteiger partial charge in [-0.15, -0.1) is 16.4 Å². The lowest BCUT2D eigenvalue weighted by atomic mass is 10.1. The van der Waals surface area contributed by atoms with Crippen molar-refractivity contribution in [3.63, 3.8) is 0 Å². The molecule has 0 unspecified atom stereocenters. The first-order valence-electron chi connectivity index (χ1n) is 7.18. The minimum Gasteiger partial charge on any atom is -0.387 e. The zero-order valence-electron chi connectivity index (χ0n) is 12.0. The van der Waals surface area contributed by atoms with Crippen LogP contribution in [0.3, 0.4) is 0 Å². The summed E-state index contributed by atoms with van der Waals surface area (Å²) in [5.41, 5.74) is 0. The number of ether oxygens (including phenoxy) is 1. The molecule has 8 heteroatoms. The Labute approximate surface area is 130 Å². The highest BCUT2D eigenvalue weighted by Gasteiger charge is 2.17. The van der Waals surface area contributed by atoms with Gasteiger partial charge < -0.3 is 14.5 Å². The van der Waals surface area contributed by atoms with E-state index in [1.54, 1.807) is 0 Å². The maximum absolute atomic E-state index is 11.8. The molecule has 1 fully saturated rings. The molecule has 0 bridgehead atoms. The third-order valence-electron chi connectivity index (χ3n) is 3.50. The maximum Gasteiger partial charge on any atom is 0.437 e. The lowest BCUT2D eigenvalue weighted by Crippen LogP contribution is -2.31. The molecule has 1 atom stereocenters. The lowest BCUT2D eigenvalue weighted by molar-refractivity contribution is -0.121. The van der Waals surface area contributed by atoms with Gasteiger partial charge >= 0.3 is 5.76 Å². The zero-order valence-corrected chi connectivity index (χ0v) is 12.8. The van der Waals surface area contributed by atoms with Crippen LogP contribution in [0, 0.1) is 5.92 Å². The molecule has 1 amide bonds. The van der Waals surface area contributed by atoms with Crippen LogP contribution < -0.4 is 11.1 Å². The fourth-order valence-electron chi connectivity index (χ4n) is 2.25. The van der Waals surface area contributed by atoms with Gasteiger partial charge in [0, 0.05) is 25.5 Å². The minimum atomic E-state index is -0.541. The van der Waals surface area contributed by atoms with Gasteiger partial charge in [-0.25, -0.2) is 4.79 Å². The zero-order chi connectivity index (χ0) is 15.4. The molecule has 2 aromatic rings. The van der Waals surface area contributed by atoms with Gasteiger partial charge in [-0.05, 0) is 17.9 Å². The van der Waals surface area contributed by atoms with Crippen molar-refractivity contribution < 1.29 is 13.9 Å². The molecule has 1 saturated heterocycles. The van der Waals surface area contributed by atoms with Crippen LogP contribution in [0.25, 0.3) is 10.8 Å². The van der Waals surface area contributed by atoms with Gasteiger partial charge in [-0.1, -0.05) is 6.07 Å². The predicted molar refractivity (Wildman–Crippen MR) is 80.6 cm³/mol. The van der Waals surface area contributed by atoms with Crippen LogP contribution in [0.15, 0.2) is 26.7 Å². The average Bonchev–Trinajstić information content (AvgIpc) is 3.24. The highest BCUT2D eigenvalue weighted by Crippen LogP contribution is 2.21. The molecular weight excluding hydrogens is 306 g/mol. The number of aryl methyl sites for hydroxylation is 1. The molecule has 22 heavy (non-hydrogen) atoms. The van der Waals surface area contributed by atoms with Gasteiger partial charge in [0.2, 0.25) is 5.91 Å². The van der Waals surface area contributed by atoms with Gasteiger partial charge in [0.1, 0.15) is 0 Å². The second-order valence-electron chi connectivity index (χ2n) is 5.16. The summed E-state index contributed by atoms with van der Waals surface area (Å²) >= 11 is 1.45. The fourth-order valence-corrected chi connectivity index (χ4v) is 2.89. The monoisotopic (exact) mass is 323 g/mol. The van der Waals surface area contributed by atoms with Crippen LogP contribution in [-0.2, 0) is 16.1 Å². The van der Waals surface area contributed by atoms with Gasteiger partial charge in [0.15, 0.2) is 0 Å². The van der Waals surface area contributed by atoms with E-state index in [9.17, 15) is 9.59 Å². The predicted octanol–water partition coefficient (Wildman–Crippen LogP) is 1.11. The number of carbonyl (C=O) groups excluding carboxylic acids is 1. The molecule has 3 rings (SSSR count). The molecule has 1 aliphatic rings. The number of carbonyl (C=O) groups is 1. The maximum atomic E-state index is 11.8. The van der Waals surface area contributed by atoms with E-state index in [0.29, 0.717) is 25.0 Å². The van der Waals surface area contributed by atoms with Crippen molar-refractivity contribution in [1.82, 2.24) is 15.1 Å². The van der Waals surface area contributed by atoms with Gasteiger partial charge in [0.25, 0.3) is 5.89 Å². The summed E-state index contributed by atoms with van der Waals surface area (Å²) in [5.74, 6) is 0.0486. The molecule has 0 radical (unpaired) electrons. The van der Waals surface area contributed by atoms with Crippen molar-refractivity contribution in [2.24, 2.45) is 5.92 Å². The molecule has 2 aromatic heterocycles. The lowest BCUT2D eigenvalue weighted by Gasteiger charge is -2.08. The Morgan fingerprint density at radius 3 is 3.18 bits per heavy atom. The summed E-state index contributed by atoms with van der Waals surface area (Å²) in [6.07, 6.45) is 1.18. The molecule has 0 saturated carbocycles. The first kappa shape index (κ1) is 15.0. The van der Waals surface area contributed by atoms with E-state index in [-0.39, 0.29) is 18.9 Å². The van der Waals surface area contributed by atoms with Crippen LogP contribution in [0.1, 0.15) is 12.8 Å². The number of nitrogens with zero attached hydrogens (tertiary/aromatic N) is 2. The number of amides is 1. The van der Waals surface area contributed by atoms with Gasteiger partial charge in [0.05, 0.1) is 18.0 Å². The molecule has 7 nitrogen and oxygen atoms in total. The van der Waals surface area contributed by atoms with Crippen LogP contribution in [-0.4, -0.2) is 35.4 Å². The van der Waals surface area contributed by atoms with Crippen LogP contribution in [0.4, 0.5) is 0 Å². The van der Waals surface area contributed by atoms with E-state index < -0.39 is 5.76 Å². The number of nitrogens with one attached hydrogen (secondary N) is 1. The third-order valence-corrected chi connectivity index (χ3v) is 4.36. The van der Waals surface area contributed by atoms with Crippen molar-refractivity contribution in [3.05, 3.63) is 28.1 Å². The standard InChI is InChI=1S/C14H17N3O4S/c18-12(15-8-10-4-6-20-9-10)3-5-17-14(19)21-13(16-17)11-2-1-7-22-11/h1-2,7,10H,3-6,8-9H2,(H,15,18)/t10-/m0/s1. The summed E-state index contributed by atoms with van der Waals surface area (Å²) in [4.78, 5) is 24.3. The largest absolute Gasteiger partial charge is 0.437 e. The Morgan fingerprint density at radius 1 is 1.55 bits per heavy atom. The molecule has 0 spiro atoms. The highest BCUT2D eigenvalue weighted by molar-refractivity contribution is 7.13. The normalized spacial score (nSPS) is 17.7. The SMILES string of the molecule is O=C(CCn1nc(-c2cccs2)oc1=O)NC[C@@H]1CCOC1. The molecule has 3 heterocycles. The summed E-state index contributed by atoms with van der Waals surface area (Å²) in [5, 5.41) is 8.85. The first-order chi connectivity index (χ1) is 10.7. The van der Waals surface area contributed by atoms with E-state index in [1.165, 1.54) is 16.0 Å². The number of hydrogen-bond acceptors (Lipinski definition) is 6. The fraction of sp³-hybridized carbons (Fsp3) is 0.500. The van der Waals surface area contributed by atoms with Crippen LogP contribution in [0.2, 0.25) is 0 Å². The third kappa shape index (κ3) is 3.63. The Hall–Kier alpha value is -1.93. The average molecular weight is 323 g/mol. The van der Waals surface area contributed by atoms with Crippen molar-refractivity contribution >= 4 is 17.2 Å². The Balaban J connectivity index is 1.50. The van der Waals surface area contributed by atoms with E-state index in [4.69, 9.17) is 9.15 Å². The van der Waals surface area contributed by atoms with Crippen molar-refractivity contribution in [2.75, 3.05) is 19.8 Å².